The van der Waals surface area contributed by atoms with Gasteiger partial charge in [0.1, 0.15) is 0 Å². The zero-order valence-electron chi connectivity index (χ0n) is 14.3. The molecule has 0 aliphatic carbocycles. The van der Waals surface area contributed by atoms with E-state index in [0.29, 0.717) is 22.9 Å². The van der Waals surface area contributed by atoms with E-state index in [0.717, 1.165) is 5.56 Å². The quantitative estimate of drug-likeness (QED) is 0.706. The fourth-order valence-corrected chi connectivity index (χ4v) is 2.28. The standard InChI is InChI=1S/C19H22ClN3O2/c1-13(2)19(25)23-16-9-7-15(8-10-16)22-18(24)12-21-11-14-5-3-4-6-17(14)20/h3-10,13,21H,11-12H2,1-2H3,(H,22,24)(H,23,25). The minimum absolute atomic E-state index is 0.0411. The first kappa shape index (κ1) is 19.0. The molecule has 0 saturated carbocycles. The van der Waals surface area contributed by atoms with Gasteiger partial charge in [-0.25, -0.2) is 0 Å². The topological polar surface area (TPSA) is 70.2 Å². The lowest BCUT2D eigenvalue weighted by atomic mass is 10.2. The Morgan fingerprint density at radius 3 is 2.16 bits per heavy atom. The largest absolute Gasteiger partial charge is 0.326 e. The van der Waals surface area contributed by atoms with Crippen molar-refractivity contribution in [1.82, 2.24) is 5.32 Å². The molecule has 0 spiro atoms. The highest BCUT2D eigenvalue weighted by atomic mass is 35.5. The molecule has 0 aromatic heterocycles. The Morgan fingerprint density at radius 2 is 1.56 bits per heavy atom. The van der Waals surface area contributed by atoms with Crippen molar-refractivity contribution >= 4 is 34.8 Å². The van der Waals surface area contributed by atoms with Gasteiger partial charge in [-0.2, -0.15) is 0 Å². The summed E-state index contributed by atoms with van der Waals surface area (Å²) in [5.41, 5.74) is 2.32. The lowest BCUT2D eigenvalue weighted by Crippen LogP contribution is -2.27. The Balaban J connectivity index is 1.78. The summed E-state index contributed by atoms with van der Waals surface area (Å²) >= 11 is 6.07. The number of hydrogen-bond acceptors (Lipinski definition) is 3. The number of benzene rings is 2. The number of rotatable bonds is 7. The smallest absolute Gasteiger partial charge is 0.238 e. The highest BCUT2D eigenvalue weighted by molar-refractivity contribution is 6.31. The molecule has 25 heavy (non-hydrogen) atoms. The molecular weight excluding hydrogens is 338 g/mol. The van der Waals surface area contributed by atoms with Crippen molar-refractivity contribution in [2.45, 2.75) is 20.4 Å². The van der Waals surface area contributed by atoms with Crippen LogP contribution in [-0.2, 0) is 16.1 Å². The molecule has 2 aromatic rings. The lowest BCUT2D eigenvalue weighted by molar-refractivity contribution is -0.119. The van der Waals surface area contributed by atoms with Crippen LogP contribution in [0.15, 0.2) is 48.5 Å². The van der Waals surface area contributed by atoms with Crippen LogP contribution < -0.4 is 16.0 Å². The van der Waals surface area contributed by atoms with Gasteiger partial charge >= 0.3 is 0 Å². The number of carbonyl (C=O) groups excluding carboxylic acids is 2. The summed E-state index contributed by atoms with van der Waals surface area (Å²) < 4.78 is 0. The lowest BCUT2D eigenvalue weighted by Gasteiger charge is -2.10. The van der Waals surface area contributed by atoms with Gasteiger partial charge in [-0.1, -0.05) is 43.6 Å². The van der Waals surface area contributed by atoms with E-state index in [-0.39, 0.29) is 24.3 Å². The summed E-state index contributed by atoms with van der Waals surface area (Å²) in [4.78, 5) is 23.6. The van der Waals surface area contributed by atoms with E-state index in [4.69, 9.17) is 11.6 Å². The maximum Gasteiger partial charge on any atom is 0.238 e. The van der Waals surface area contributed by atoms with Crippen LogP contribution in [0.2, 0.25) is 5.02 Å². The third kappa shape index (κ3) is 6.21. The zero-order valence-corrected chi connectivity index (χ0v) is 15.1. The molecule has 0 fully saturated rings. The zero-order chi connectivity index (χ0) is 18.2. The molecule has 0 radical (unpaired) electrons. The average molecular weight is 360 g/mol. The van der Waals surface area contributed by atoms with Crippen LogP contribution in [0.4, 0.5) is 11.4 Å². The Bertz CT molecular complexity index is 730. The molecule has 0 aliphatic rings. The molecular formula is C19H22ClN3O2. The van der Waals surface area contributed by atoms with Crippen LogP contribution in [0.1, 0.15) is 19.4 Å². The minimum Gasteiger partial charge on any atom is -0.326 e. The van der Waals surface area contributed by atoms with E-state index < -0.39 is 0 Å². The predicted molar refractivity (Wildman–Crippen MR) is 102 cm³/mol. The van der Waals surface area contributed by atoms with Crippen molar-refractivity contribution in [2.75, 3.05) is 17.2 Å². The van der Waals surface area contributed by atoms with Crippen LogP contribution in [0.5, 0.6) is 0 Å². The number of anilines is 2. The Hall–Kier alpha value is -2.37. The highest BCUT2D eigenvalue weighted by Gasteiger charge is 2.07. The number of amides is 2. The summed E-state index contributed by atoms with van der Waals surface area (Å²) in [6.07, 6.45) is 0. The number of carbonyl (C=O) groups is 2. The van der Waals surface area contributed by atoms with Gasteiger partial charge in [0.2, 0.25) is 11.8 Å². The van der Waals surface area contributed by atoms with Crippen LogP contribution in [0.25, 0.3) is 0 Å². The summed E-state index contributed by atoms with van der Waals surface area (Å²) in [5, 5.41) is 9.34. The molecule has 2 amide bonds. The van der Waals surface area contributed by atoms with Gasteiger partial charge < -0.3 is 16.0 Å². The molecule has 0 heterocycles. The first-order valence-electron chi connectivity index (χ1n) is 8.10. The molecule has 2 rings (SSSR count). The summed E-state index contributed by atoms with van der Waals surface area (Å²) in [6.45, 7) is 4.36. The molecule has 132 valence electrons. The van der Waals surface area contributed by atoms with Crippen molar-refractivity contribution in [3.8, 4) is 0 Å². The average Bonchev–Trinajstić information content (AvgIpc) is 2.58. The minimum atomic E-state index is -0.147. The van der Waals surface area contributed by atoms with Gasteiger partial charge in [0.15, 0.2) is 0 Å². The van der Waals surface area contributed by atoms with Crippen molar-refractivity contribution in [3.05, 3.63) is 59.1 Å². The van der Waals surface area contributed by atoms with E-state index in [9.17, 15) is 9.59 Å². The van der Waals surface area contributed by atoms with E-state index in [2.05, 4.69) is 16.0 Å². The maximum atomic E-state index is 12.0. The van der Waals surface area contributed by atoms with Gasteiger partial charge in [-0.05, 0) is 35.9 Å². The van der Waals surface area contributed by atoms with Gasteiger partial charge in [0.25, 0.3) is 0 Å². The normalized spacial score (nSPS) is 10.6. The number of halogens is 1. The van der Waals surface area contributed by atoms with Crippen LogP contribution in [0, 0.1) is 5.92 Å². The second-order valence-corrected chi connectivity index (χ2v) is 6.37. The molecule has 2 aromatic carbocycles. The van der Waals surface area contributed by atoms with Crippen molar-refractivity contribution in [3.63, 3.8) is 0 Å². The molecule has 0 unspecified atom stereocenters. The van der Waals surface area contributed by atoms with Crippen LogP contribution in [0.3, 0.4) is 0 Å². The molecule has 6 heteroatoms. The van der Waals surface area contributed by atoms with Gasteiger partial charge in [0.05, 0.1) is 6.54 Å². The predicted octanol–water partition coefficient (Wildman–Crippen LogP) is 3.66. The first-order valence-corrected chi connectivity index (χ1v) is 8.48. The van der Waals surface area contributed by atoms with Crippen molar-refractivity contribution in [2.24, 2.45) is 5.92 Å². The second kappa shape index (κ2) is 9.20. The van der Waals surface area contributed by atoms with E-state index in [1.165, 1.54) is 0 Å². The highest BCUT2D eigenvalue weighted by Crippen LogP contribution is 2.15. The van der Waals surface area contributed by atoms with Crippen LogP contribution in [-0.4, -0.2) is 18.4 Å². The molecule has 0 bridgehead atoms. The molecule has 3 N–H and O–H groups in total. The van der Waals surface area contributed by atoms with E-state index in [1.54, 1.807) is 24.3 Å². The summed E-state index contributed by atoms with van der Waals surface area (Å²) in [5.74, 6) is -0.268. The Labute approximate surface area is 152 Å². The monoisotopic (exact) mass is 359 g/mol. The summed E-state index contributed by atoms with van der Waals surface area (Å²) in [7, 11) is 0. The Morgan fingerprint density at radius 1 is 0.960 bits per heavy atom. The van der Waals surface area contributed by atoms with E-state index in [1.807, 2.05) is 38.1 Å². The molecule has 0 saturated heterocycles. The van der Waals surface area contributed by atoms with Gasteiger partial charge in [-0.15, -0.1) is 0 Å². The second-order valence-electron chi connectivity index (χ2n) is 5.96. The fraction of sp³-hybridized carbons (Fsp3) is 0.263. The third-order valence-electron chi connectivity index (χ3n) is 3.52. The maximum absolute atomic E-state index is 12.0. The molecule has 5 nitrogen and oxygen atoms in total. The Kier molecular flexibility index (Phi) is 6.98. The SMILES string of the molecule is CC(C)C(=O)Nc1ccc(NC(=O)CNCc2ccccc2Cl)cc1. The van der Waals surface area contributed by atoms with Gasteiger partial charge in [-0.3, -0.25) is 9.59 Å². The first-order chi connectivity index (χ1) is 12.0. The third-order valence-corrected chi connectivity index (χ3v) is 3.89. The van der Waals surface area contributed by atoms with Crippen molar-refractivity contribution < 1.29 is 9.59 Å². The summed E-state index contributed by atoms with van der Waals surface area (Å²) in [6, 6.07) is 14.5. The molecule has 0 atom stereocenters. The molecule has 0 aliphatic heterocycles. The van der Waals surface area contributed by atoms with Crippen molar-refractivity contribution in [1.29, 1.82) is 0 Å². The van der Waals surface area contributed by atoms with Gasteiger partial charge in [0, 0.05) is 28.9 Å². The fourth-order valence-electron chi connectivity index (χ4n) is 2.08. The number of nitrogens with one attached hydrogen (secondary N) is 3. The van der Waals surface area contributed by atoms with E-state index >= 15 is 0 Å². The number of hydrogen-bond donors (Lipinski definition) is 3. The van der Waals surface area contributed by atoms with Crippen LogP contribution >= 0.6 is 11.6 Å².